The lowest BCUT2D eigenvalue weighted by Crippen LogP contribution is -2.14. The van der Waals surface area contributed by atoms with E-state index in [1.807, 2.05) is 41.2 Å². The van der Waals surface area contributed by atoms with Crippen LogP contribution in [-0.4, -0.2) is 30.5 Å². The van der Waals surface area contributed by atoms with Gasteiger partial charge in [0.05, 0.1) is 23.6 Å². The molecule has 1 amide bonds. The van der Waals surface area contributed by atoms with Gasteiger partial charge in [-0.05, 0) is 37.8 Å². The summed E-state index contributed by atoms with van der Waals surface area (Å²) in [4.78, 5) is 16.4. The molecule has 0 aliphatic heterocycles. The second kappa shape index (κ2) is 5.92. The van der Waals surface area contributed by atoms with Crippen molar-refractivity contribution in [1.29, 1.82) is 0 Å². The maximum atomic E-state index is 12.3. The maximum Gasteiger partial charge on any atom is 0.295 e. The number of carbonyl (C=O) groups is 1. The molecule has 24 heavy (non-hydrogen) atoms. The standard InChI is InChI=1S/C17H18N6O/c1-12(13-7-8-13)22-10-14(9-19-22)20-17(24)16-18-11-23(21-16)15-5-3-2-4-6-15/h2-6,9-13H,7-8H2,1H3,(H,20,24). The highest BCUT2D eigenvalue weighted by Crippen LogP contribution is 2.39. The molecule has 7 nitrogen and oxygen atoms in total. The molecular formula is C17H18N6O. The smallest absolute Gasteiger partial charge is 0.295 e. The average molecular weight is 322 g/mol. The fourth-order valence-electron chi connectivity index (χ4n) is 2.68. The van der Waals surface area contributed by atoms with Gasteiger partial charge in [0.1, 0.15) is 6.33 Å². The van der Waals surface area contributed by atoms with Crippen molar-refractivity contribution in [3.8, 4) is 5.69 Å². The van der Waals surface area contributed by atoms with Gasteiger partial charge in [-0.2, -0.15) is 5.10 Å². The van der Waals surface area contributed by atoms with Crippen molar-refractivity contribution >= 4 is 11.6 Å². The lowest BCUT2D eigenvalue weighted by molar-refractivity contribution is 0.101. The summed E-state index contributed by atoms with van der Waals surface area (Å²) in [5, 5.41) is 11.4. The first-order chi connectivity index (χ1) is 11.7. The van der Waals surface area contributed by atoms with Crippen LogP contribution in [0.1, 0.15) is 36.4 Å². The first-order valence-corrected chi connectivity index (χ1v) is 8.03. The predicted molar refractivity (Wildman–Crippen MR) is 89.0 cm³/mol. The van der Waals surface area contributed by atoms with Gasteiger partial charge in [-0.3, -0.25) is 9.48 Å². The molecule has 3 aromatic rings. The maximum absolute atomic E-state index is 12.3. The Hall–Kier alpha value is -2.96. The van der Waals surface area contributed by atoms with Crippen molar-refractivity contribution in [3.63, 3.8) is 0 Å². The molecule has 2 heterocycles. The monoisotopic (exact) mass is 322 g/mol. The minimum absolute atomic E-state index is 0.127. The molecule has 2 aromatic heterocycles. The Labute approximate surface area is 139 Å². The van der Waals surface area contributed by atoms with Crippen LogP contribution in [-0.2, 0) is 0 Å². The van der Waals surface area contributed by atoms with Crippen molar-refractivity contribution < 1.29 is 4.79 Å². The van der Waals surface area contributed by atoms with Crippen LogP contribution in [0.3, 0.4) is 0 Å². The number of hydrogen-bond donors (Lipinski definition) is 1. The number of nitrogens with zero attached hydrogens (tertiary/aromatic N) is 5. The number of amides is 1. The number of hydrogen-bond acceptors (Lipinski definition) is 4. The van der Waals surface area contributed by atoms with Crippen LogP contribution in [0.5, 0.6) is 0 Å². The molecule has 1 aliphatic carbocycles. The van der Waals surface area contributed by atoms with E-state index in [9.17, 15) is 4.79 Å². The predicted octanol–water partition coefficient (Wildman–Crippen LogP) is 2.69. The number of nitrogens with one attached hydrogen (secondary N) is 1. The summed E-state index contributed by atoms with van der Waals surface area (Å²) >= 11 is 0. The van der Waals surface area contributed by atoms with Gasteiger partial charge in [-0.25, -0.2) is 9.67 Å². The van der Waals surface area contributed by atoms with Gasteiger partial charge < -0.3 is 5.32 Å². The molecule has 1 saturated carbocycles. The van der Waals surface area contributed by atoms with Crippen molar-refractivity contribution in [3.05, 3.63) is 54.9 Å². The van der Waals surface area contributed by atoms with E-state index in [1.165, 1.54) is 19.2 Å². The minimum Gasteiger partial charge on any atom is -0.316 e. The van der Waals surface area contributed by atoms with E-state index in [0.717, 1.165) is 5.69 Å². The van der Waals surface area contributed by atoms with Crippen LogP contribution in [0.15, 0.2) is 49.1 Å². The van der Waals surface area contributed by atoms with E-state index in [1.54, 1.807) is 10.9 Å². The number of aromatic nitrogens is 5. The Morgan fingerprint density at radius 3 is 2.83 bits per heavy atom. The number of para-hydroxylation sites is 1. The van der Waals surface area contributed by atoms with Crippen LogP contribution in [0.25, 0.3) is 5.69 Å². The molecule has 0 radical (unpaired) electrons. The zero-order valence-corrected chi connectivity index (χ0v) is 13.3. The van der Waals surface area contributed by atoms with Crippen molar-refractivity contribution in [2.24, 2.45) is 5.92 Å². The number of anilines is 1. The van der Waals surface area contributed by atoms with Gasteiger partial charge in [0.15, 0.2) is 0 Å². The van der Waals surface area contributed by atoms with Crippen molar-refractivity contribution in [1.82, 2.24) is 24.5 Å². The molecule has 1 fully saturated rings. The minimum atomic E-state index is -0.344. The summed E-state index contributed by atoms with van der Waals surface area (Å²) in [5.41, 5.74) is 1.51. The SMILES string of the molecule is CC(C1CC1)n1cc(NC(=O)c2ncn(-c3ccccc3)n2)cn1. The van der Waals surface area contributed by atoms with Gasteiger partial charge in [0, 0.05) is 6.20 Å². The normalized spacial score (nSPS) is 15.2. The second-order valence-electron chi connectivity index (χ2n) is 6.09. The third-order valence-corrected chi connectivity index (χ3v) is 4.30. The largest absolute Gasteiger partial charge is 0.316 e. The van der Waals surface area contributed by atoms with Crippen LogP contribution in [0.4, 0.5) is 5.69 Å². The Balaban J connectivity index is 1.46. The summed E-state index contributed by atoms with van der Waals surface area (Å²) in [6.45, 7) is 2.15. The van der Waals surface area contributed by atoms with Crippen LogP contribution in [0.2, 0.25) is 0 Å². The lowest BCUT2D eigenvalue weighted by atomic mass is 10.2. The summed E-state index contributed by atoms with van der Waals surface area (Å²) in [5.74, 6) is 0.488. The van der Waals surface area contributed by atoms with E-state index in [2.05, 4.69) is 27.4 Å². The first kappa shape index (κ1) is 14.6. The van der Waals surface area contributed by atoms with E-state index in [4.69, 9.17) is 0 Å². The average Bonchev–Trinajstić information content (AvgIpc) is 3.15. The van der Waals surface area contributed by atoms with Gasteiger partial charge >= 0.3 is 0 Å². The lowest BCUT2D eigenvalue weighted by Gasteiger charge is -2.09. The second-order valence-corrected chi connectivity index (χ2v) is 6.09. The highest BCUT2D eigenvalue weighted by Gasteiger charge is 2.29. The zero-order valence-electron chi connectivity index (χ0n) is 13.3. The Bertz CT molecular complexity index is 849. The van der Waals surface area contributed by atoms with E-state index >= 15 is 0 Å². The molecule has 1 N–H and O–H groups in total. The van der Waals surface area contributed by atoms with Crippen LogP contribution >= 0.6 is 0 Å². The van der Waals surface area contributed by atoms with E-state index in [-0.39, 0.29) is 11.7 Å². The highest BCUT2D eigenvalue weighted by atomic mass is 16.2. The zero-order chi connectivity index (χ0) is 16.5. The first-order valence-electron chi connectivity index (χ1n) is 8.03. The molecular weight excluding hydrogens is 304 g/mol. The molecule has 122 valence electrons. The fourth-order valence-corrected chi connectivity index (χ4v) is 2.68. The van der Waals surface area contributed by atoms with Crippen molar-refractivity contribution in [2.45, 2.75) is 25.8 Å². The fraction of sp³-hybridized carbons (Fsp3) is 0.294. The van der Waals surface area contributed by atoms with Gasteiger partial charge in [0.2, 0.25) is 5.82 Å². The highest BCUT2D eigenvalue weighted by molar-refractivity contribution is 6.01. The quantitative estimate of drug-likeness (QED) is 0.783. The number of carbonyl (C=O) groups excluding carboxylic acids is 1. The summed E-state index contributed by atoms with van der Waals surface area (Å²) in [7, 11) is 0. The molecule has 1 unspecified atom stereocenters. The van der Waals surface area contributed by atoms with Gasteiger partial charge in [0.25, 0.3) is 5.91 Å². The third kappa shape index (κ3) is 2.92. The Morgan fingerprint density at radius 1 is 1.29 bits per heavy atom. The van der Waals surface area contributed by atoms with E-state index < -0.39 is 0 Å². The summed E-state index contributed by atoms with van der Waals surface area (Å²) < 4.78 is 3.48. The number of benzene rings is 1. The molecule has 1 aromatic carbocycles. The summed E-state index contributed by atoms with van der Waals surface area (Å²) in [6, 6.07) is 9.91. The summed E-state index contributed by atoms with van der Waals surface area (Å²) in [6.07, 6.45) is 7.55. The van der Waals surface area contributed by atoms with Crippen molar-refractivity contribution in [2.75, 3.05) is 5.32 Å². The third-order valence-electron chi connectivity index (χ3n) is 4.30. The molecule has 0 spiro atoms. The molecule has 4 rings (SSSR count). The van der Waals surface area contributed by atoms with Crippen LogP contribution in [0, 0.1) is 5.92 Å². The molecule has 1 aliphatic rings. The Morgan fingerprint density at radius 2 is 2.08 bits per heavy atom. The molecule has 7 heteroatoms. The van der Waals surface area contributed by atoms with E-state index in [0.29, 0.717) is 17.6 Å². The topological polar surface area (TPSA) is 77.6 Å². The number of rotatable bonds is 5. The van der Waals surface area contributed by atoms with Crippen LogP contribution < -0.4 is 5.32 Å². The van der Waals surface area contributed by atoms with Gasteiger partial charge in [-0.1, -0.05) is 18.2 Å². The molecule has 0 saturated heterocycles. The van der Waals surface area contributed by atoms with Gasteiger partial charge in [-0.15, -0.1) is 5.10 Å². The molecule has 1 atom stereocenters. The molecule has 0 bridgehead atoms. The Kier molecular flexibility index (Phi) is 3.60.